The zero-order valence-electron chi connectivity index (χ0n) is 12.8. The first-order chi connectivity index (χ1) is 11.0. The van der Waals surface area contributed by atoms with Gasteiger partial charge in [0.15, 0.2) is 0 Å². The minimum Gasteiger partial charge on any atom is -0.322 e. The van der Waals surface area contributed by atoms with Crippen molar-refractivity contribution >= 4 is 34.8 Å². The highest BCUT2D eigenvalue weighted by Gasteiger charge is 2.24. The molecule has 5 heteroatoms. The zero-order chi connectivity index (χ0) is 16.4. The molecule has 0 spiro atoms. The molecule has 0 saturated carbocycles. The van der Waals surface area contributed by atoms with Crippen molar-refractivity contribution in [3.05, 3.63) is 58.6 Å². The summed E-state index contributed by atoms with van der Waals surface area (Å²) in [5.41, 5.74) is 2.89. The van der Waals surface area contributed by atoms with E-state index < -0.39 is 0 Å². The fourth-order valence-electron chi connectivity index (χ4n) is 2.69. The van der Waals surface area contributed by atoms with Crippen molar-refractivity contribution in [3.8, 4) is 0 Å². The number of amides is 2. The molecule has 23 heavy (non-hydrogen) atoms. The molecule has 1 N–H and O–H groups in total. The molecule has 4 nitrogen and oxygen atoms in total. The van der Waals surface area contributed by atoms with Crippen LogP contribution in [0.5, 0.6) is 0 Å². The van der Waals surface area contributed by atoms with Crippen molar-refractivity contribution in [3.63, 3.8) is 0 Å². The van der Waals surface area contributed by atoms with Crippen molar-refractivity contribution < 1.29 is 9.59 Å². The van der Waals surface area contributed by atoms with Crippen molar-refractivity contribution in [2.45, 2.75) is 19.8 Å². The van der Waals surface area contributed by atoms with E-state index in [-0.39, 0.29) is 11.8 Å². The topological polar surface area (TPSA) is 49.4 Å². The summed E-state index contributed by atoms with van der Waals surface area (Å²) in [6, 6.07) is 12.6. The fraction of sp³-hybridized carbons (Fsp3) is 0.222. The van der Waals surface area contributed by atoms with Gasteiger partial charge < -0.3 is 10.2 Å². The molecule has 0 aromatic heterocycles. The van der Waals surface area contributed by atoms with Crippen LogP contribution in [0.2, 0.25) is 5.02 Å². The largest absolute Gasteiger partial charge is 0.322 e. The van der Waals surface area contributed by atoms with Crippen molar-refractivity contribution in [1.82, 2.24) is 0 Å². The maximum absolute atomic E-state index is 12.4. The van der Waals surface area contributed by atoms with Gasteiger partial charge in [-0.25, -0.2) is 0 Å². The zero-order valence-corrected chi connectivity index (χ0v) is 13.6. The number of hydrogen-bond donors (Lipinski definition) is 1. The van der Waals surface area contributed by atoms with Crippen LogP contribution in [0, 0.1) is 6.92 Å². The van der Waals surface area contributed by atoms with Crippen LogP contribution >= 0.6 is 11.6 Å². The quantitative estimate of drug-likeness (QED) is 0.924. The first-order valence-corrected chi connectivity index (χ1v) is 7.90. The van der Waals surface area contributed by atoms with Gasteiger partial charge in [-0.1, -0.05) is 23.7 Å². The first-order valence-electron chi connectivity index (χ1n) is 7.52. The molecule has 3 rings (SSSR count). The molecule has 1 aliphatic rings. The maximum Gasteiger partial charge on any atom is 0.255 e. The van der Waals surface area contributed by atoms with Gasteiger partial charge in [-0.05, 0) is 49.2 Å². The predicted octanol–water partition coefficient (Wildman–Crippen LogP) is 4.03. The minimum atomic E-state index is -0.222. The van der Waals surface area contributed by atoms with E-state index in [0.717, 1.165) is 17.7 Å². The Morgan fingerprint density at radius 2 is 2.04 bits per heavy atom. The average Bonchev–Trinajstić information content (AvgIpc) is 2.93. The van der Waals surface area contributed by atoms with Crippen molar-refractivity contribution in [2.75, 3.05) is 16.8 Å². The molecule has 0 atom stereocenters. The van der Waals surface area contributed by atoms with Gasteiger partial charge in [0.05, 0.1) is 10.7 Å². The molecular formula is C18H17ClN2O2. The van der Waals surface area contributed by atoms with E-state index in [1.54, 1.807) is 23.1 Å². The smallest absolute Gasteiger partial charge is 0.255 e. The van der Waals surface area contributed by atoms with Crippen molar-refractivity contribution in [2.24, 2.45) is 0 Å². The van der Waals surface area contributed by atoms with Gasteiger partial charge in [-0.15, -0.1) is 0 Å². The number of nitrogens with zero attached hydrogens (tertiary/aromatic N) is 1. The SMILES string of the molecule is Cc1cccc(NC(=O)c2ccc(Cl)c(N3CCCC3=O)c2)c1. The van der Waals surface area contributed by atoms with E-state index in [2.05, 4.69) is 5.32 Å². The number of carbonyl (C=O) groups excluding carboxylic acids is 2. The summed E-state index contributed by atoms with van der Waals surface area (Å²) in [5, 5.41) is 3.34. The Morgan fingerprint density at radius 1 is 1.22 bits per heavy atom. The van der Waals surface area contributed by atoms with Gasteiger partial charge >= 0.3 is 0 Å². The highest BCUT2D eigenvalue weighted by atomic mass is 35.5. The molecule has 2 aromatic carbocycles. The van der Waals surface area contributed by atoms with E-state index in [0.29, 0.717) is 29.2 Å². The lowest BCUT2D eigenvalue weighted by Gasteiger charge is -2.18. The predicted molar refractivity (Wildman–Crippen MR) is 92.2 cm³/mol. The molecule has 2 aromatic rings. The number of aryl methyl sites for hydroxylation is 1. The highest BCUT2D eigenvalue weighted by Crippen LogP contribution is 2.30. The lowest BCUT2D eigenvalue weighted by molar-refractivity contribution is -0.117. The van der Waals surface area contributed by atoms with E-state index in [4.69, 9.17) is 11.6 Å². The van der Waals surface area contributed by atoms with E-state index in [1.165, 1.54) is 0 Å². The molecule has 1 fully saturated rings. The summed E-state index contributed by atoms with van der Waals surface area (Å²) in [6.45, 7) is 2.61. The monoisotopic (exact) mass is 328 g/mol. The third-order valence-electron chi connectivity index (χ3n) is 3.85. The normalized spacial score (nSPS) is 14.2. The summed E-state index contributed by atoms with van der Waals surface area (Å²) in [5.74, 6) is -0.177. The Balaban J connectivity index is 1.85. The number of hydrogen-bond acceptors (Lipinski definition) is 2. The van der Waals surface area contributed by atoms with Gasteiger partial charge in [0.1, 0.15) is 0 Å². The van der Waals surface area contributed by atoms with Crippen LogP contribution in [0.25, 0.3) is 0 Å². The minimum absolute atomic E-state index is 0.0446. The van der Waals surface area contributed by atoms with E-state index >= 15 is 0 Å². The van der Waals surface area contributed by atoms with Crippen LogP contribution in [-0.4, -0.2) is 18.4 Å². The third kappa shape index (κ3) is 3.37. The first kappa shape index (κ1) is 15.6. The number of rotatable bonds is 3. The number of nitrogens with one attached hydrogen (secondary N) is 1. The van der Waals surface area contributed by atoms with Crippen molar-refractivity contribution in [1.29, 1.82) is 0 Å². The standard InChI is InChI=1S/C18H17ClN2O2/c1-12-4-2-5-14(10-12)20-18(23)13-7-8-15(19)16(11-13)21-9-3-6-17(21)22/h2,4-5,7-8,10-11H,3,6,9H2,1H3,(H,20,23). The summed E-state index contributed by atoms with van der Waals surface area (Å²) >= 11 is 6.20. The molecule has 1 saturated heterocycles. The van der Waals surface area contributed by atoms with E-state index in [9.17, 15) is 9.59 Å². The van der Waals surface area contributed by atoms with Crippen LogP contribution < -0.4 is 10.2 Å². The number of carbonyl (C=O) groups is 2. The van der Waals surface area contributed by atoms with Gasteiger partial charge in [-0.3, -0.25) is 9.59 Å². The number of benzene rings is 2. The third-order valence-corrected chi connectivity index (χ3v) is 4.17. The second-order valence-electron chi connectivity index (χ2n) is 5.64. The van der Waals surface area contributed by atoms with Crippen LogP contribution in [0.3, 0.4) is 0 Å². The Kier molecular flexibility index (Phi) is 4.35. The fourth-order valence-corrected chi connectivity index (χ4v) is 2.91. The van der Waals surface area contributed by atoms with Crippen LogP contribution in [0.4, 0.5) is 11.4 Å². The van der Waals surface area contributed by atoms with Gasteiger partial charge in [0, 0.05) is 24.2 Å². The summed E-state index contributed by atoms with van der Waals surface area (Å²) in [6.07, 6.45) is 1.34. The number of halogens is 1. The Bertz CT molecular complexity index is 773. The van der Waals surface area contributed by atoms with Gasteiger partial charge in [-0.2, -0.15) is 0 Å². The van der Waals surface area contributed by atoms with Gasteiger partial charge in [0.25, 0.3) is 5.91 Å². The molecular weight excluding hydrogens is 312 g/mol. The second kappa shape index (κ2) is 6.42. The Labute approximate surface area is 140 Å². The summed E-state index contributed by atoms with van der Waals surface area (Å²) in [4.78, 5) is 26.0. The maximum atomic E-state index is 12.4. The average molecular weight is 329 g/mol. The Hall–Kier alpha value is -2.33. The summed E-state index contributed by atoms with van der Waals surface area (Å²) < 4.78 is 0. The number of anilines is 2. The van der Waals surface area contributed by atoms with E-state index in [1.807, 2.05) is 31.2 Å². The molecule has 0 bridgehead atoms. The Morgan fingerprint density at radius 3 is 2.74 bits per heavy atom. The highest BCUT2D eigenvalue weighted by molar-refractivity contribution is 6.34. The molecule has 0 radical (unpaired) electrons. The molecule has 0 unspecified atom stereocenters. The van der Waals surface area contributed by atoms with Crippen LogP contribution in [0.1, 0.15) is 28.8 Å². The lowest BCUT2D eigenvalue weighted by atomic mass is 10.1. The molecule has 0 aliphatic carbocycles. The van der Waals surface area contributed by atoms with Crippen LogP contribution in [0.15, 0.2) is 42.5 Å². The van der Waals surface area contributed by atoms with Crippen LogP contribution in [-0.2, 0) is 4.79 Å². The summed E-state index contributed by atoms with van der Waals surface area (Å²) in [7, 11) is 0. The second-order valence-corrected chi connectivity index (χ2v) is 6.05. The lowest BCUT2D eigenvalue weighted by Crippen LogP contribution is -2.24. The molecule has 118 valence electrons. The molecule has 2 amide bonds. The van der Waals surface area contributed by atoms with Gasteiger partial charge in [0.2, 0.25) is 5.91 Å². The molecule has 1 heterocycles. The molecule has 1 aliphatic heterocycles.